The van der Waals surface area contributed by atoms with Crippen molar-refractivity contribution in [3.63, 3.8) is 0 Å². The smallest absolute Gasteiger partial charge is 0.156 e. The highest BCUT2D eigenvalue weighted by molar-refractivity contribution is 5.92. The van der Waals surface area contributed by atoms with E-state index in [1.807, 2.05) is 6.92 Å². The monoisotopic (exact) mass is 234 g/mol. The molecule has 0 aliphatic heterocycles. The van der Waals surface area contributed by atoms with E-state index in [-0.39, 0.29) is 11.2 Å². The summed E-state index contributed by atoms with van der Waals surface area (Å²) < 4.78 is 0. The lowest BCUT2D eigenvalue weighted by molar-refractivity contribution is -0.117. The molecular weight excluding hydrogens is 212 g/mol. The zero-order valence-electron chi connectivity index (χ0n) is 11.0. The molecule has 2 aliphatic carbocycles. The first-order valence-electron chi connectivity index (χ1n) is 6.43. The first-order valence-corrected chi connectivity index (χ1v) is 6.43. The van der Waals surface area contributed by atoms with E-state index in [1.54, 1.807) is 6.08 Å². The van der Waals surface area contributed by atoms with Crippen molar-refractivity contribution in [2.45, 2.75) is 46.1 Å². The highest BCUT2D eigenvalue weighted by Crippen LogP contribution is 2.52. The molecule has 0 aromatic carbocycles. The summed E-state index contributed by atoms with van der Waals surface area (Å²) in [6.45, 7) is 10.4. The number of allylic oxidation sites excluding steroid dienone is 2. The van der Waals surface area contributed by atoms with Gasteiger partial charge in [0.25, 0.3) is 0 Å². The molecule has 0 aromatic heterocycles. The molecule has 0 spiro atoms. The van der Waals surface area contributed by atoms with Gasteiger partial charge in [-0.2, -0.15) is 0 Å². The fourth-order valence-corrected chi connectivity index (χ4v) is 3.37. The minimum Gasteiger partial charge on any atom is -0.389 e. The normalized spacial score (nSPS) is 41.8. The molecule has 1 N–H and O–H groups in total. The lowest BCUT2D eigenvalue weighted by Crippen LogP contribution is -2.44. The predicted molar refractivity (Wildman–Crippen MR) is 68.5 cm³/mol. The molecule has 1 saturated carbocycles. The van der Waals surface area contributed by atoms with E-state index in [9.17, 15) is 9.90 Å². The van der Waals surface area contributed by atoms with Crippen molar-refractivity contribution in [2.24, 2.45) is 17.3 Å². The number of hydrogen-bond acceptors (Lipinski definition) is 2. The van der Waals surface area contributed by atoms with Crippen LogP contribution in [0.1, 0.15) is 40.0 Å². The molecule has 0 unspecified atom stereocenters. The van der Waals surface area contributed by atoms with Gasteiger partial charge in [-0.3, -0.25) is 4.79 Å². The van der Waals surface area contributed by atoms with Crippen molar-refractivity contribution in [1.29, 1.82) is 0 Å². The molecule has 17 heavy (non-hydrogen) atoms. The first-order chi connectivity index (χ1) is 7.84. The van der Waals surface area contributed by atoms with Gasteiger partial charge in [0.2, 0.25) is 0 Å². The summed E-state index contributed by atoms with van der Waals surface area (Å²) >= 11 is 0. The molecule has 0 heterocycles. The number of carbonyl (C=O) groups excluding carboxylic acids is 1. The number of fused-ring (bicyclic) bond motifs is 1. The van der Waals surface area contributed by atoms with Crippen molar-refractivity contribution < 1.29 is 9.90 Å². The van der Waals surface area contributed by atoms with Crippen molar-refractivity contribution in [1.82, 2.24) is 0 Å². The van der Waals surface area contributed by atoms with E-state index in [0.717, 1.165) is 24.0 Å². The summed E-state index contributed by atoms with van der Waals surface area (Å²) in [6, 6.07) is 0. The molecule has 2 rings (SSSR count). The van der Waals surface area contributed by atoms with E-state index in [1.165, 1.54) is 0 Å². The summed E-state index contributed by atoms with van der Waals surface area (Å²) in [5, 5.41) is 10.3. The predicted octanol–water partition coefficient (Wildman–Crippen LogP) is 2.88. The lowest BCUT2D eigenvalue weighted by atomic mass is 9.56. The maximum absolute atomic E-state index is 11.6. The van der Waals surface area contributed by atoms with Gasteiger partial charge < -0.3 is 5.11 Å². The van der Waals surface area contributed by atoms with Crippen LogP contribution < -0.4 is 0 Å². The number of hydrogen-bond donors (Lipinski definition) is 1. The van der Waals surface area contributed by atoms with Crippen LogP contribution in [0.2, 0.25) is 0 Å². The van der Waals surface area contributed by atoms with Crippen LogP contribution in [-0.2, 0) is 4.79 Å². The Balaban J connectivity index is 2.39. The minimum absolute atomic E-state index is 0.0325. The Hall–Kier alpha value is -0.890. The van der Waals surface area contributed by atoms with E-state index in [4.69, 9.17) is 0 Å². The highest BCUT2D eigenvalue weighted by atomic mass is 16.3. The van der Waals surface area contributed by atoms with Gasteiger partial charge in [0, 0.05) is 6.42 Å². The largest absolute Gasteiger partial charge is 0.389 e. The van der Waals surface area contributed by atoms with E-state index in [2.05, 4.69) is 20.4 Å². The van der Waals surface area contributed by atoms with Gasteiger partial charge in [0.05, 0.1) is 6.10 Å². The summed E-state index contributed by atoms with van der Waals surface area (Å²) in [5.41, 5.74) is 2.07. The maximum atomic E-state index is 11.6. The summed E-state index contributed by atoms with van der Waals surface area (Å²) in [5.74, 6) is 0.854. The summed E-state index contributed by atoms with van der Waals surface area (Å²) in [4.78, 5) is 11.6. The zero-order valence-corrected chi connectivity index (χ0v) is 11.0. The molecule has 2 heteroatoms. The Morgan fingerprint density at radius 2 is 2.24 bits per heavy atom. The van der Waals surface area contributed by atoms with Crippen LogP contribution in [0.15, 0.2) is 23.8 Å². The second-order valence-corrected chi connectivity index (χ2v) is 6.09. The van der Waals surface area contributed by atoms with E-state index >= 15 is 0 Å². The maximum Gasteiger partial charge on any atom is 0.156 e. The third-order valence-electron chi connectivity index (χ3n) is 4.81. The summed E-state index contributed by atoms with van der Waals surface area (Å²) in [6.07, 6.45) is 3.56. The molecule has 1 fully saturated rings. The van der Waals surface area contributed by atoms with Gasteiger partial charge in [-0.25, -0.2) is 0 Å². The lowest BCUT2D eigenvalue weighted by Gasteiger charge is -2.48. The average molecular weight is 234 g/mol. The minimum atomic E-state index is -0.470. The fourth-order valence-electron chi connectivity index (χ4n) is 3.37. The van der Waals surface area contributed by atoms with Gasteiger partial charge in [0.1, 0.15) is 0 Å². The third-order valence-corrected chi connectivity index (χ3v) is 4.81. The Kier molecular flexibility index (Phi) is 3.03. The fraction of sp³-hybridized carbons (Fsp3) is 0.667. The molecule has 0 bridgehead atoms. The quantitative estimate of drug-likeness (QED) is 0.708. The molecule has 0 aromatic rings. The highest BCUT2D eigenvalue weighted by Gasteiger charge is 2.47. The van der Waals surface area contributed by atoms with Crippen LogP contribution in [0.4, 0.5) is 0 Å². The number of rotatable bonds is 1. The number of carbonyl (C=O) groups is 1. The van der Waals surface area contributed by atoms with Gasteiger partial charge in [0.15, 0.2) is 5.78 Å². The van der Waals surface area contributed by atoms with Crippen molar-refractivity contribution in [2.75, 3.05) is 0 Å². The topological polar surface area (TPSA) is 37.3 Å². The van der Waals surface area contributed by atoms with Gasteiger partial charge in [-0.05, 0) is 48.7 Å². The number of aliphatic hydroxyl groups is 1. The number of ketones is 1. The average Bonchev–Trinajstić information content (AvgIpc) is 2.21. The standard InChI is InChI=1S/C15H22O2/c1-9(2)11-6-14(17)13-7-12(16)5-10(3)15(13,4)8-11/h7,10-11,14,17H,1,5-6,8H2,2-4H3/t10-,11-,14-,15+/m1/s1. The SMILES string of the molecule is C=C(C)[C@@H]1C[C@@H](O)C2=CC(=O)C[C@@H](C)[C@]2(C)C1. The zero-order chi connectivity index (χ0) is 12.8. The number of aliphatic hydroxyl groups excluding tert-OH is 1. The Labute approximate surface area is 103 Å². The second kappa shape index (κ2) is 4.09. The molecule has 0 saturated heterocycles. The molecular formula is C15H22O2. The molecule has 0 radical (unpaired) electrons. The van der Waals surface area contributed by atoms with Crippen molar-refractivity contribution in [3.05, 3.63) is 23.8 Å². The molecule has 0 amide bonds. The van der Waals surface area contributed by atoms with Crippen molar-refractivity contribution >= 4 is 5.78 Å². The molecule has 2 aliphatic rings. The van der Waals surface area contributed by atoms with Crippen LogP contribution in [-0.4, -0.2) is 17.0 Å². The third kappa shape index (κ3) is 1.99. The van der Waals surface area contributed by atoms with Crippen LogP contribution in [0, 0.1) is 17.3 Å². The Morgan fingerprint density at radius 3 is 2.82 bits per heavy atom. The molecule has 4 atom stereocenters. The van der Waals surface area contributed by atoms with Gasteiger partial charge >= 0.3 is 0 Å². The molecule has 2 nitrogen and oxygen atoms in total. The van der Waals surface area contributed by atoms with E-state index in [0.29, 0.717) is 18.3 Å². The van der Waals surface area contributed by atoms with Crippen LogP contribution in [0.25, 0.3) is 0 Å². The van der Waals surface area contributed by atoms with Gasteiger partial charge in [-0.1, -0.05) is 26.0 Å². The van der Waals surface area contributed by atoms with Crippen LogP contribution in [0.5, 0.6) is 0 Å². The van der Waals surface area contributed by atoms with Gasteiger partial charge in [-0.15, -0.1) is 0 Å². The summed E-state index contributed by atoms with van der Waals surface area (Å²) in [7, 11) is 0. The van der Waals surface area contributed by atoms with Crippen LogP contribution >= 0.6 is 0 Å². The van der Waals surface area contributed by atoms with Crippen LogP contribution in [0.3, 0.4) is 0 Å². The Bertz CT molecular complexity index is 394. The first kappa shape index (κ1) is 12.6. The Morgan fingerprint density at radius 1 is 1.59 bits per heavy atom. The van der Waals surface area contributed by atoms with E-state index < -0.39 is 6.10 Å². The molecule has 94 valence electrons. The second-order valence-electron chi connectivity index (χ2n) is 6.09. The van der Waals surface area contributed by atoms with Crippen molar-refractivity contribution in [3.8, 4) is 0 Å².